The lowest BCUT2D eigenvalue weighted by molar-refractivity contribution is 0.434. The molecule has 1 fully saturated rings. The molecule has 1 rings (SSSR count). The van der Waals surface area contributed by atoms with Gasteiger partial charge >= 0.3 is 0 Å². The van der Waals surface area contributed by atoms with E-state index < -0.39 is 0 Å². The average Bonchev–Trinajstić information content (AvgIpc) is 2.59. The van der Waals surface area contributed by atoms with E-state index in [1.165, 1.54) is 12.0 Å². The van der Waals surface area contributed by atoms with Gasteiger partial charge in [0.2, 0.25) is 0 Å². The number of rotatable bonds is 4. The Bertz CT molecular complexity index is 172. The summed E-state index contributed by atoms with van der Waals surface area (Å²) in [6, 6.07) is 0. The maximum Gasteiger partial charge on any atom is 0.0187 e. The van der Waals surface area contributed by atoms with Crippen LogP contribution in [0.1, 0.15) is 20.3 Å². The van der Waals surface area contributed by atoms with Crippen molar-refractivity contribution in [1.82, 2.24) is 4.90 Å². The van der Waals surface area contributed by atoms with Gasteiger partial charge in [-0.3, -0.25) is 0 Å². The van der Waals surface area contributed by atoms with E-state index in [1.807, 2.05) is 0 Å². The second-order valence-electron chi connectivity index (χ2n) is 4.35. The Hall–Kier alpha value is -0.300. The third-order valence-corrected chi connectivity index (χ3v) is 3.02. The summed E-state index contributed by atoms with van der Waals surface area (Å²) in [6.45, 7) is 9.85. The minimum Gasteiger partial charge on any atom is -0.305 e. The van der Waals surface area contributed by atoms with Gasteiger partial charge in [-0.1, -0.05) is 32.4 Å². The maximum absolute atomic E-state index is 4.16. The van der Waals surface area contributed by atoms with Crippen LogP contribution in [0.5, 0.6) is 0 Å². The highest BCUT2D eigenvalue weighted by Gasteiger charge is 2.46. The smallest absolute Gasteiger partial charge is 0.0187 e. The molecule has 0 aliphatic heterocycles. The largest absolute Gasteiger partial charge is 0.305 e. The minimum atomic E-state index is 0.817. The number of nitrogens with zero attached hydrogens (tertiary/aromatic N) is 1. The molecule has 0 amide bonds. The zero-order valence-corrected chi connectivity index (χ0v) is 8.80. The minimum absolute atomic E-state index is 0.817. The molecular formula is C11H21N. The molecule has 1 heteroatoms. The third-order valence-electron chi connectivity index (χ3n) is 3.02. The normalized spacial score (nSPS) is 33.9. The summed E-state index contributed by atoms with van der Waals surface area (Å²) in [7, 11) is 4.22. The van der Waals surface area contributed by atoms with E-state index >= 15 is 0 Å². The molecular weight excluding hydrogens is 146 g/mol. The first kappa shape index (κ1) is 9.79. The average molecular weight is 167 g/mol. The summed E-state index contributed by atoms with van der Waals surface area (Å²) in [5.41, 5.74) is 1.43. The van der Waals surface area contributed by atoms with Crippen LogP contribution in [-0.4, -0.2) is 25.5 Å². The van der Waals surface area contributed by atoms with Crippen molar-refractivity contribution in [1.29, 1.82) is 0 Å². The van der Waals surface area contributed by atoms with Gasteiger partial charge in [0.05, 0.1) is 0 Å². The highest BCUT2D eigenvalue weighted by Crippen LogP contribution is 2.51. The molecule has 0 aromatic carbocycles. The molecule has 0 spiro atoms. The van der Waals surface area contributed by atoms with E-state index in [1.54, 1.807) is 0 Å². The van der Waals surface area contributed by atoms with Crippen LogP contribution in [0.15, 0.2) is 12.2 Å². The number of hydrogen-bond acceptors (Lipinski definition) is 1. The van der Waals surface area contributed by atoms with Gasteiger partial charge in [-0.2, -0.15) is 0 Å². The molecule has 12 heavy (non-hydrogen) atoms. The van der Waals surface area contributed by atoms with Crippen LogP contribution in [-0.2, 0) is 0 Å². The van der Waals surface area contributed by atoms with Crippen molar-refractivity contribution in [3.63, 3.8) is 0 Å². The quantitative estimate of drug-likeness (QED) is 0.581. The molecule has 1 aliphatic rings. The molecule has 0 radical (unpaired) electrons. The van der Waals surface area contributed by atoms with Gasteiger partial charge in [-0.15, -0.1) is 0 Å². The molecule has 0 heterocycles. The molecule has 0 saturated heterocycles. The first-order chi connectivity index (χ1) is 5.57. The maximum atomic E-state index is 4.16. The summed E-state index contributed by atoms with van der Waals surface area (Å²) < 4.78 is 0. The van der Waals surface area contributed by atoms with E-state index in [2.05, 4.69) is 39.4 Å². The van der Waals surface area contributed by atoms with Crippen LogP contribution in [0.3, 0.4) is 0 Å². The van der Waals surface area contributed by atoms with Gasteiger partial charge in [-0.05, 0) is 31.8 Å². The molecule has 0 N–H and O–H groups in total. The molecule has 0 aromatic rings. The summed E-state index contributed by atoms with van der Waals surface area (Å²) in [4.78, 5) is 2.21. The molecule has 1 nitrogen and oxygen atoms in total. The van der Waals surface area contributed by atoms with Crippen molar-refractivity contribution < 1.29 is 0 Å². The summed E-state index contributed by atoms with van der Waals surface area (Å²) in [6.07, 6.45) is 1.32. The van der Waals surface area contributed by atoms with E-state index in [9.17, 15) is 0 Å². The van der Waals surface area contributed by atoms with E-state index in [0.29, 0.717) is 0 Å². The number of hydrogen-bond donors (Lipinski definition) is 0. The van der Waals surface area contributed by atoms with Gasteiger partial charge in [0.15, 0.2) is 0 Å². The predicted octanol–water partition coefficient (Wildman–Crippen LogP) is 2.40. The molecule has 1 unspecified atom stereocenters. The van der Waals surface area contributed by atoms with Crippen LogP contribution in [0.2, 0.25) is 0 Å². The second-order valence-corrected chi connectivity index (χ2v) is 4.35. The van der Waals surface area contributed by atoms with Gasteiger partial charge in [0.1, 0.15) is 0 Å². The Balaban J connectivity index is 2.36. The molecule has 70 valence electrons. The van der Waals surface area contributed by atoms with Crippen molar-refractivity contribution in [2.45, 2.75) is 20.3 Å². The fraction of sp³-hybridized carbons (Fsp3) is 0.818. The molecule has 3 atom stereocenters. The van der Waals surface area contributed by atoms with Gasteiger partial charge in [0, 0.05) is 6.54 Å². The van der Waals surface area contributed by atoms with Crippen molar-refractivity contribution in [2.24, 2.45) is 17.8 Å². The van der Waals surface area contributed by atoms with Crippen LogP contribution in [0.25, 0.3) is 0 Å². The lowest BCUT2D eigenvalue weighted by Gasteiger charge is -2.11. The third kappa shape index (κ3) is 1.89. The van der Waals surface area contributed by atoms with Crippen LogP contribution >= 0.6 is 0 Å². The fourth-order valence-corrected chi connectivity index (χ4v) is 2.36. The Morgan fingerprint density at radius 1 is 1.42 bits per heavy atom. The van der Waals surface area contributed by atoms with Gasteiger partial charge < -0.3 is 4.90 Å². The van der Waals surface area contributed by atoms with Gasteiger partial charge in [-0.25, -0.2) is 0 Å². The number of likely N-dealkylation sites (N-methyl/N-ethyl adjacent to an activating group) is 1. The SMILES string of the molecule is C=C(CN(C)C)[C@@H]1C(CC)[C@@H]1C. The van der Waals surface area contributed by atoms with E-state index in [0.717, 1.165) is 24.3 Å². The fourth-order valence-electron chi connectivity index (χ4n) is 2.36. The van der Waals surface area contributed by atoms with E-state index in [-0.39, 0.29) is 0 Å². The highest BCUT2D eigenvalue weighted by atomic mass is 15.1. The first-order valence-electron chi connectivity index (χ1n) is 4.90. The van der Waals surface area contributed by atoms with E-state index in [4.69, 9.17) is 0 Å². The Kier molecular flexibility index (Phi) is 2.94. The van der Waals surface area contributed by atoms with Crippen LogP contribution in [0.4, 0.5) is 0 Å². The highest BCUT2D eigenvalue weighted by molar-refractivity contribution is 5.16. The summed E-state index contributed by atoms with van der Waals surface area (Å²) >= 11 is 0. The first-order valence-corrected chi connectivity index (χ1v) is 4.90. The predicted molar refractivity (Wildman–Crippen MR) is 54.1 cm³/mol. The van der Waals surface area contributed by atoms with Crippen molar-refractivity contribution in [3.8, 4) is 0 Å². The standard InChI is InChI=1S/C11H21N/c1-6-10-9(3)11(10)8(2)7-12(4)5/h9-11H,2,6-7H2,1,3-5H3/t9-,10?,11-/m0/s1. The zero-order chi connectivity index (χ0) is 9.30. The van der Waals surface area contributed by atoms with Crippen LogP contribution < -0.4 is 0 Å². The van der Waals surface area contributed by atoms with Crippen LogP contribution in [0, 0.1) is 17.8 Å². The lowest BCUT2D eigenvalue weighted by atomic mass is 10.1. The summed E-state index contributed by atoms with van der Waals surface area (Å²) in [5, 5.41) is 0. The molecule has 0 bridgehead atoms. The zero-order valence-electron chi connectivity index (χ0n) is 8.80. The topological polar surface area (TPSA) is 3.24 Å². The lowest BCUT2D eigenvalue weighted by Crippen LogP contribution is -2.15. The monoisotopic (exact) mass is 167 g/mol. The van der Waals surface area contributed by atoms with Crippen molar-refractivity contribution in [2.75, 3.05) is 20.6 Å². The molecule has 1 saturated carbocycles. The summed E-state index contributed by atoms with van der Waals surface area (Å²) in [5.74, 6) is 2.64. The van der Waals surface area contributed by atoms with Crippen molar-refractivity contribution in [3.05, 3.63) is 12.2 Å². The molecule has 0 aromatic heterocycles. The second kappa shape index (κ2) is 3.61. The van der Waals surface area contributed by atoms with Crippen molar-refractivity contribution >= 4 is 0 Å². The Morgan fingerprint density at radius 3 is 2.33 bits per heavy atom. The van der Waals surface area contributed by atoms with Gasteiger partial charge in [0.25, 0.3) is 0 Å². The Labute approximate surface area is 76.5 Å². The Morgan fingerprint density at radius 2 is 2.00 bits per heavy atom. The molecule has 1 aliphatic carbocycles.